The number of morpholine rings is 1. The van der Waals surface area contributed by atoms with E-state index in [1.54, 1.807) is 23.7 Å². The molecule has 1 fully saturated rings. The van der Waals surface area contributed by atoms with E-state index in [-0.39, 0.29) is 12.2 Å². The SMILES string of the molecule is CC(C)COc1cncc(N2CC(C)OC(c3ccsc3)C2)n1. The zero-order chi connectivity index (χ0) is 16.2. The second kappa shape index (κ2) is 7.27. The molecule has 2 atom stereocenters. The third-order valence-electron chi connectivity index (χ3n) is 3.66. The molecule has 0 saturated carbocycles. The number of hydrogen-bond acceptors (Lipinski definition) is 6. The summed E-state index contributed by atoms with van der Waals surface area (Å²) in [6, 6.07) is 2.12. The number of hydrogen-bond donors (Lipinski definition) is 0. The average Bonchev–Trinajstić information content (AvgIpc) is 3.07. The van der Waals surface area contributed by atoms with Crippen molar-refractivity contribution >= 4 is 17.2 Å². The third kappa shape index (κ3) is 4.20. The van der Waals surface area contributed by atoms with Crippen molar-refractivity contribution in [2.45, 2.75) is 33.0 Å². The first kappa shape index (κ1) is 16.2. The summed E-state index contributed by atoms with van der Waals surface area (Å²) in [4.78, 5) is 11.1. The molecule has 0 bridgehead atoms. The standard InChI is InChI=1S/C17H23N3O2S/c1-12(2)10-21-17-7-18-6-16(19-17)20-8-13(3)22-15(9-20)14-4-5-23-11-14/h4-7,11-13,15H,8-10H2,1-3H3. The maximum atomic E-state index is 6.08. The van der Waals surface area contributed by atoms with Crippen molar-refractivity contribution in [3.8, 4) is 5.88 Å². The Morgan fingerprint density at radius 3 is 3.00 bits per heavy atom. The van der Waals surface area contributed by atoms with Crippen molar-refractivity contribution in [1.82, 2.24) is 9.97 Å². The second-order valence-corrected chi connectivity index (χ2v) is 7.10. The summed E-state index contributed by atoms with van der Waals surface area (Å²) in [5.74, 6) is 1.90. The molecule has 5 nitrogen and oxygen atoms in total. The van der Waals surface area contributed by atoms with Gasteiger partial charge in [0.1, 0.15) is 6.10 Å². The quantitative estimate of drug-likeness (QED) is 0.837. The molecule has 0 N–H and O–H groups in total. The van der Waals surface area contributed by atoms with Crippen molar-refractivity contribution in [2.24, 2.45) is 5.92 Å². The van der Waals surface area contributed by atoms with E-state index in [0.717, 1.165) is 18.9 Å². The molecule has 0 amide bonds. The summed E-state index contributed by atoms with van der Waals surface area (Å²) in [5, 5.41) is 4.23. The number of nitrogens with zero attached hydrogens (tertiary/aromatic N) is 3. The maximum absolute atomic E-state index is 6.08. The van der Waals surface area contributed by atoms with E-state index in [0.29, 0.717) is 18.4 Å². The van der Waals surface area contributed by atoms with E-state index < -0.39 is 0 Å². The van der Waals surface area contributed by atoms with Gasteiger partial charge in [-0.3, -0.25) is 4.98 Å². The van der Waals surface area contributed by atoms with Crippen LogP contribution in [-0.2, 0) is 4.74 Å². The average molecular weight is 333 g/mol. The van der Waals surface area contributed by atoms with Crippen LogP contribution in [-0.4, -0.2) is 35.8 Å². The van der Waals surface area contributed by atoms with Gasteiger partial charge in [0.2, 0.25) is 5.88 Å². The van der Waals surface area contributed by atoms with E-state index in [9.17, 15) is 0 Å². The van der Waals surface area contributed by atoms with Crippen LogP contribution in [0.25, 0.3) is 0 Å². The van der Waals surface area contributed by atoms with Crippen LogP contribution in [0.5, 0.6) is 5.88 Å². The van der Waals surface area contributed by atoms with Gasteiger partial charge in [0, 0.05) is 13.1 Å². The lowest BCUT2D eigenvalue weighted by atomic mass is 10.1. The Bertz CT molecular complexity index is 618. The minimum atomic E-state index is 0.0760. The Kier molecular flexibility index (Phi) is 5.13. The summed E-state index contributed by atoms with van der Waals surface area (Å²) < 4.78 is 11.8. The summed E-state index contributed by atoms with van der Waals surface area (Å²) in [6.45, 7) is 8.57. The molecule has 1 aliphatic heterocycles. The summed E-state index contributed by atoms with van der Waals surface area (Å²) in [6.07, 6.45) is 3.69. The Hall–Kier alpha value is -1.66. The van der Waals surface area contributed by atoms with Gasteiger partial charge in [0.15, 0.2) is 5.82 Å². The van der Waals surface area contributed by atoms with Gasteiger partial charge in [-0.1, -0.05) is 13.8 Å². The molecule has 3 rings (SSSR count). The lowest BCUT2D eigenvalue weighted by Crippen LogP contribution is -2.43. The normalized spacial score (nSPS) is 21.7. The summed E-state index contributed by atoms with van der Waals surface area (Å²) >= 11 is 1.70. The van der Waals surface area contributed by atoms with E-state index in [4.69, 9.17) is 9.47 Å². The van der Waals surface area contributed by atoms with Gasteiger partial charge in [0.05, 0.1) is 25.1 Å². The molecule has 1 aliphatic rings. The molecular weight excluding hydrogens is 310 g/mol. The van der Waals surface area contributed by atoms with Crippen LogP contribution in [0.1, 0.15) is 32.4 Å². The van der Waals surface area contributed by atoms with Crippen LogP contribution in [0.4, 0.5) is 5.82 Å². The predicted molar refractivity (Wildman–Crippen MR) is 92.2 cm³/mol. The van der Waals surface area contributed by atoms with Gasteiger partial charge in [-0.2, -0.15) is 16.3 Å². The number of ether oxygens (including phenoxy) is 2. The van der Waals surface area contributed by atoms with E-state index in [2.05, 4.69) is 52.5 Å². The molecule has 6 heteroatoms. The topological polar surface area (TPSA) is 47.5 Å². The largest absolute Gasteiger partial charge is 0.476 e. The Labute approximate surface area is 141 Å². The Balaban J connectivity index is 1.73. The molecule has 2 unspecified atom stereocenters. The smallest absolute Gasteiger partial charge is 0.234 e. The van der Waals surface area contributed by atoms with E-state index >= 15 is 0 Å². The van der Waals surface area contributed by atoms with Crippen LogP contribution in [0.2, 0.25) is 0 Å². The van der Waals surface area contributed by atoms with Crippen molar-refractivity contribution in [2.75, 3.05) is 24.6 Å². The first-order valence-electron chi connectivity index (χ1n) is 7.99. The van der Waals surface area contributed by atoms with Crippen molar-refractivity contribution in [3.05, 3.63) is 34.8 Å². The van der Waals surface area contributed by atoms with Gasteiger partial charge in [0.25, 0.3) is 0 Å². The predicted octanol–water partition coefficient (Wildman–Crippen LogP) is 3.54. The van der Waals surface area contributed by atoms with Gasteiger partial charge in [-0.15, -0.1) is 0 Å². The zero-order valence-corrected chi connectivity index (χ0v) is 14.6. The fourth-order valence-corrected chi connectivity index (χ4v) is 3.29. The molecule has 124 valence electrons. The van der Waals surface area contributed by atoms with Crippen LogP contribution in [0.3, 0.4) is 0 Å². The Morgan fingerprint density at radius 1 is 1.39 bits per heavy atom. The molecule has 23 heavy (non-hydrogen) atoms. The summed E-state index contributed by atoms with van der Waals surface area (Å²) in [5.41, 5.74) is 1.23. The van der Waals surface area contributed by atoms with Gasteiger partial charge < -0.3 is 14.4 Å². The number of rotatable bonds is 5. The molecule has 2 aromatic heterocycles. The first-order valence-corrected chi connectivity index (χ1v) is 8.93. The van der Waals surface area contributed by atoms with Crippen molar-refractivity contribution in [3.63, 3.8) is 0 Å². The molecule has 0 aliphatic carbocycles. The van der Waals surface area contributed by atoms with Gasteiger partial charge >= 0.3 is 0 Å². The van der Waals surface area contributed by atoms with Crippen LogP contribution < -0.4 is 9.64 Å². The molecule has 2 aromatic rings. The van der Waals surface area contributed by atoms with Crippen LogP contribution in [0.15, 0.2) is 29.2 Å². The van der Waals surface area contributed by atoms with Crippen molar-refractivity contribution in [1.29, 1.82) is 0 Å². The summed E-state index contributed by atoms with van der Waals surface area (Å²) in [7, 11) is 0. The van der Waals surface area contributed by atoms with Crippen LogP contribution >= 0.6 is 11.3 Å². The van der Waals surface area contributed by atoms with Gasteiger partial charge in [-0.25, -0.2) is 0 Å². The van der Waals surface area contributed by atoms with E-state index in [1.807, 2.05) is 0 Å². The highest BCUT2D eigenvalue weighted by molar-refractivity contribution is 7.07. The molecule has 1 saturated heterocycles. The molecular formula is C17H23N3O2S. The van der Waals surface area contributed by atoms with Crippen LogP contribution in [0, 0.1) is 5.92 Å². The fourth-order valence-electron chi connectivity index (χ4n) is 2.59. The first-order chi connectivity index (χ1) is 11.1. The minimum absolute atomic E-state index is 0.0760. The highest BCUT2D eigenvalue weighted by Gasteiger charge is 2.27. The van der Waals surface area contributed by atoms with Gasteiger partial charge in [-0.05, 0) is 35.2 Å². The minimum Gasteiger partial charge on any atom is -0.476 e. The molecule has 0 aromatic carbocycles. The second-order valence-electron chi connectivity index (χ2n) is 6.32. The molecule has 0 radical (unpaired) electrons. The number of thiophene rings is 1. The third-order valence-corrected chi connectivity index (χ3v) is 4.36. The maximum Gasteiger partial charge on any atom is 0.234 e. The lowest BCUT2D eigenvalue weighted by molar-refractivity contribution is -0.0174. The fraction of sp³-hybridized carbons (Fsp3) is 0.529. The van der Waals surface area contributed by atoms with Crippen molar-refractivity contribution < 1.29 is 9.47 Å². The van der Waals surface area contributed by atoms with E-state index in [1.165, 1.54) is 5.56 Å². The zero-order valence-electron chi connectivity index (χ0n) is 13.8. The number of anilines is 1. The lowest BCUT2D eigenvalue weighted by Gasteiger charge is -2.37. The number of aromatic nitrogens is 2. The molecule has 3 heterocycles. The Morgan fingerprint density at radius 2 is 2.26 bits per heavy atom. The highest BCUT2D eigenvalue weighted by Crippen LogP contribution is 2.29. The highest BCUT2D eigenvalue weighted by atomic mass is 32.1. The monoisotopic (exact) mass is 333 g/mol. The molecule has 0 spiro atoms.